The molecule has 0 amide bonds. The maximum atomic E-state index is 11.6. The lowest BCUT2D eigenvalue weighted by Crippen LogP contribution is -2.32. The van der Waals surface area contributed by atoms with E-state index in [1.807, 2.05) is 0 Å². The molecule has 0 fully saturated rings. The summed E-state index contributed by atoms with van der Waals surface area (Å²) in [6.45, 7) is 3.40. The molecule has 4 nitrogen and oxygen atoms in total. The molecule has 4 N–H and O–H groups in total. The number of ether oxygens (including phenoxy) is 1. The van der Waals surface area contributed by atoms with Crippen LogP contribution in [0.3, 0.4) is 0 Å². The average Bonchev–Trinajstić information content (AvgIpc) is 2.45. The van der Waals surface area contributed by atoms with Gasteiger partial charge in [-0.15, -0.1) is 0 Å². The van der Waals surface area contributed by atoms with E-state index in [-0.39, 0.29) is 5.97 Å². The van der Waals surface area contributed by atoms with E-state index in [2.05, 4.69) is 6.92 Å². The normalized spacial score (nSPS) is 12.3. The fourth-order valence-corrected chi connectivity index (χ4v) is 2.14. The zero-order chi connectivity index (χ0) is 15.1. The van der Waals surface area contributed by atoms with E-state index in [0.717, 1.165) is 25.7 Å². The summed E-state index contributed by atoms with van der Waals surface area (Å²) in [6.07, 6.45) is 12.4. The molecule has 0 heterocycles. The Hall–Kier alpha value is -0.610. The highest BCUT2D eigenvalue weighted by atomic mass is 16.5. The molecular formula is C16H34N2O2. The number of hydrogen-bond donors (Lipinski definition) is 2. The lowest BCUT2D eigenvalue weighted by Gasteiger charge is -2.11. The summed E-state index contributed by atoms with van der Waals surface area (Å²) in [5, 5.41) is 0. The van der Waals surface area contributed by atoms with Crippen molar-refractivity contribution in [2.75, 3.05) is 13.2 Å². The largest absolute Gasteiger partial charge is 0.465 e. The number of carbonyl (C=O) groups excluding carboxylic acids is 1. The maximum Gasteiger partial charge on any atom is 0.322 e. The van der Waals surface area contributed by atoms with Gasteiger partial charge in [-0.1, -0.05) is 58.3 Å². The predicted molar refractivity (Wildman–Crippen MR) is 84.4 cm³/mol. The minimum Gasteiger partial charge on any atom is -0.465 e. The average molecular weight is 286 g/mol. The Morgan fingerprint density at radius 3 is 2.15 bits per heavy atom. The Morgan fingerprint density at radius 1 is 0.950 bits per heavy atom. The molecule has 0 radical (unpaired) electrons. The van der Waals surface area contributed by atoms with Crippen LogP contribution >= 0.6 is 0 Å². The standard InChI is InChI=1S/C16H34N2O2/c1-2-3-4-5-6-7-8-11-14-20-16(19)15(18)12-9-10-13-17/h15H,2-14,17-18H2,1H3/t15-/m0/s1. The molecule has 20 heavy (non-hydrogen) atoms. The third kappa shape index (κ3) is 12.4. The Balaban J connectivity index is 3.30. The highest BCUT2D eigenvalue weighted by Gasteiger charge is 2.13. The van der Waals surface area contributed by atoms with Gasteiger partial charge in [-0.05, 0) is 25.8 Å². The van der Waals surface area contributed by atoms with Gasteiger partial charge in [-0.25, -0.2) is 0 Å². The number of rotatable bonds is 14. The number of esters is 1. The van der Waals surface area contributed by atoms with Crippen LogP contribution in [-0.2, 0) is 9.53 Å². The molecule has 0 aliphatic heterocycles. The van der Waals surface area contributed by atoms with Crippen LogP contribution in [0.25, 0.3) is 0 Å². The summed E-state index contributed by atoms with van der Waals surface area (Å²) >= 11 is 0. The van der Waals surface area contributed by atoms with Crippen molar-refractivity contribution in [3.05, 3.63) is 0 Å². The quantitative estimate of drug-likeness (QED) is 0.380. The zero-order valence-electron chi connectivity index (χ0n) is 13.2. The van der Waals surface area contributed by atoms with Gasteiger partial charge in [0.25, 0.3) is 0 Å². The first kappa shape index (κ1) is 19.4. The van der Waals surface area contributed by atoms with Gasteiger partial charge in [0, 0.05) is 0 Å². The minimum absolute atomic E-state index is 0.259. The van der Waals surface area contributed by atoms with E-state index in [1.165, 1.54) is 38.5 Å². The van der Waals surface area contributed by atoms with Crippen LogP contribution in [0, 0.1) is 0 Å². The highest BCUT2D eigenvalue weighted by Crippen LogP contribution is 2.08. The molecule has 0 saturated heterocycles. The molecular weight excluding hydrogens is 252 g/mol. The van der Waals surface area contributed by atoms with Gasteiger partial charge >= 0.3 is 5.97 Å². The Bertz CT molecular complexity index is 223. The first-order valence-electron chi connectivity index (χ1n) is 8.34. The Labute approximate surface area is 124 Å². The molecule has 0 rings (SSSR count). The van der Waals surface area contributed by atoms with Crippen LogP contribution in [0.5, 0.6) is 0 Å². The number of nitrogens with two attached hydrogens (primary N) is 2. The maximum absolute atomic E-state index is 11.6. The second kappa shape index (κ2) is 14.8. The lowest BCUT2D eigenvalue weighted by molar-refractivity contribution is -0.145. The summed E-state index contributed by atoms with van der Waals surface area (Å²) < 4.78 is 5.18. The van der Waals surface area contributed by atoms with Gasteiger partial charge in [-0.3, -0.25) is 4.79 Å². The summed E-state index contributed by atoms with van der Waals surface area (Å²) in [6, 6.07) is -0.476. The molecule has 0 aromatic heterocycles. The first-order valence-corrected chi connectivity index (χ1v) is 8.34. The molecule has 1 atom stereocenters. The van der Waals surface area contributed by atoms with Crippen LogP contribution in [-0.4, -0.2) is 25.2 Å². The molecule has 0 aromatic rings. The summed E-state index contributed by atoms with van der Waals surface area (Å²) in [5.41, 5.74) is 11.2. The van der Waals surface area contributed by atoms with Crippen LogP contribution in [0.15, 0.2) is 0 Å². The van der Waals surface area contributed by atoms with Crippen molar-refractivity contribution in [3.63, 3.8) is 0 Å². The summed E-state index contributed by atoms with van der Waals surface area (Å²) in [4.78, 5) is 11.6. The SMILES string of the molecule is CCCCCCCCCCOC(=O)[C@@H](N)CCCCN. The molecule has 120 valence electrons. The van der Waals surface area contributed by atoms with Crippen LogP contribution < -0.4 is 11.5 Å². The van der Waals surface area contributed by atoms with E-state index in [0.29, 0.717) is 19.6 Å². The van der Waals surface area contributed by atoms with E-state index in [4.69, 9.17) is 16.2 Å². The van der Waals surface area contributed by atoms with Crippen LogP contribution in [0.1, 0.15) is 77.6 Å². The van der Waals surface area contributed by atoms with Crippen molar-refractivity contribution < 1.29 is 9.53 Å². The third-order valence-corrected chi connectivity index (χ3v) is 3.51. The zero-order valence-corrected chi connectivity index (χ0v) is 13.2. The smallest absolute Gasteiger partial charge is 0.322 e. The molecule has 0 aliphatic carbocycles. The Kier molecular flexibility index (Phi) is 14.3. The van der Waals surface area contributed by atoms with Crippen molar-refractivity contribution in [1.82, 2.24) is 0 Å². The van der Waals surface area contributed by atoms with Crippen molar-refractivity contribution in [3.8, 4) is 0 Å². The summed E-state index contributed by atoms with van der Waals surface area (Å²) in [5.74, 6) is -0.259. The molecule has 0 saturated carbocycles. The fraction of sp³-hybridized carbons (Fsp3) is 0.938. The van der Waals surface area contributed by atoms with E-state index < -0.39 is 6.04 Å². The highest BCUT2D eigenvalue weighted by molar-refractivity contribution is 5.75. The number of hydrogen-bond acceptors (Lipinski definition) is 4. The van der Waals surface area contributed by atoms with Crippen LogP contribution in [0.2, 0.25) is 0 Å². The lowest BCUT2D eigenvalue weighted by atomic mass is 10.1. The van der Waals surface area contributed by atoms with Crippen molar-refractivity contribution in [2.24, 2.45) is 11.5 Å². The van der Waals surface area contributed by atoms with Crippen molar-refractivity contribution >= 4 is 5.97 Å². The molecule has 0 aliphatic rings. The first-order chi connectivity index (χ1) is 9.72. The van der Waals surface area contributed by atoms with Gasteiger partial charge in [0.15, 0.2) is 0 Å². The van der Waals surface area contributed by atoms with Gasteiger partial charge in [0.1, 0.15) is 6.04 Å². The topological polar surface area (TPSA) is 78.3 Å². The predicted octanol–water partition coefficient (Wildman–Crippen LogP) is 3.13. The van der Waals surface area contributed by atoms with E-state index in [1.54, 1.807) is 0 Å². The summed E-state index contributed by atoms with van der Waals surface area (Å²) in [7, 11) is 0. The van der Waals surface area contributed by atoms with Crippen molar-refractivity contribution in [2.45, 2.75) is 83.6 Å². The Morgan fingerprint density at radius 2 is 1.55 bits per heavy atom. The second-order valence-electron chi connectivity index (χ2n) is 5.53. The molecule has 0 bridgehead atoms. The third-order valence-electron chi connectivity index (χ3n) is 3.51. The van der Waals surface area contributed by atoms with E-state index >= 15 is 0 Å². The van der Waals surface area contributed by atoms with Gasteiger partial charge in [-0.2, -0.15) is 0 Å². The molecule has 0 aromatic carbocycles. The van der Waals surface area contributed by atoms with Gasteiger partial charge in [0.2, 0.25) is 0 Å². The molecule has 0 unspecified atom stereocenters. The van der Waals surface area contributed by atoms with Gasteiger partial charge in [0.05, 0.1) is 6.61 Å². The fourth-order valence-electron chi connectivity index (χ4n) is 2.14. The monoisotopic (exact) mass is 286 g/mol. The van der Waals surface area contributed by atoms with Crippen molar-refractivity contribution in [1.29, 1.82) is 0 Å². The van der Waals surface area contributed by atoms with Gasteiger partial charge < -0.3 is 16.2 Å². The van der Waals surface area contributed by atoms with E-state index in [9.17, 15) is 4.79 Å². The minimum atomic E-state index is -0.476. The second-order valence-corrected chi connectivity index (χ2v) is 5.53. The number of carbonyl (C=O) groups is 1. The molecule has 4 heteroatoms. The van der Waals surface area contributed by atoms with Crippen LogP contribution in [0.4, 0.5) is 0 Å². The molecule has 0 spiro atoms. The number of unbranched alkanes of at least 4 members (excludes halogenated alkanes) is 8.